The van der Waals surface area contributed by atoms with Gasteiger partial charge in [-0.25, -0.2) is 8.78 Å². The second kappa shape index (κ2) is 10.8. The van der Waals surface area contributed by atoms with Gasteiger partial charge in [0.15, 0.2) is 0 Å². The van der Waals surface area contributed by atoms with E-state index in [0.29, 0.717) is 47.2 Å². The van der Waals surface area contributed by atoms with Crippen molar-refractivity contribution in [1.82, 2.24) is 20.2 Å². The highest BCUT2D eigenvalue weighted by Crippen LogP contribution is 2.41. The van der Waals surface area contributed by atoms with E-state index in [1.54, 1.807) is 24.5 Å². The Labute approximate surface area is 208 Å². The van der Waals surface area contributed by atoms with Gasteiger partial charge in [0, 0.05) is 44.1 Å². The molecule has 2 atom stereocenters. The molecule has 1 saturated carbocycles. The van der Waals surface area contributed by atoms with E-state index in [-0.39, 0.29) is 37.3 Å². The standard InChI is InChI=1S/C26H34F2N4O2S/c1-4-35(34)22-6-5-21(29-14-22)13-31-25(33)19-11-20-16-32(24(17(2)3)23(20)30-12-19)15-18-7-9-26(27,28)10-8-18/h5-6,11-12,14,17-18,24H,4,7-10,13,15-16H2,1-3H3,(H,31,33). The minimum Gasteiger partial charge on any atom is -0.346 e. The first kappa shape index (κ1) is 25.8. The average Bonchev–Trinajstić information content (AvgIpc) is 3.21. The van der Waals surface area contributed by atoms with Gasteiger partial charge in [-0.05, 0) is 48.4 Å². The van der Waals surface area contributed by atoms with Crippen LogP contribution in [0, 0.1) is 11.8 Å². The van der Waals surface area contributed by atoms with Crippen LogP contribution in [0.25, 0.3) is 0 Å². The summed E-state index contributed by atoms with van der Waals surface area (Å²) in [6.45, 7) is 7.88. The lowest BCUT2D eigenvalue weighted by Crippen LogP contribution is -2.34. The van der Waals surface area contributed by atoms with Crippen LogP contribution < -0.4 is 5.32 Å². The Balaban J connectivity index is 1.40. The number of hydrogen-bond acceptors (Lipinski definition) is 5. The zero-order valence-electron chi connectivity index (χ0n) is 20.6. The summed E-state index contributed by atoms with van der Waals surface area (Å²) >= 11 is 0. The van der Waals surface area contributed by atoms with Gasteiger partial charge in [-0.3, -0.25) is 23.9 Å². The first-order chi connectivity index (χ1) is 16.7. The average molecular weight is 505 g/mol. The van der Waals surface area contributed by atoms with E-state index < -0.39 is 16.7 Å². The number of aromatic nitrogens is 2. The summed E-state index contributed by atoms with van der Waals surface area (Å²) in [6.07, 6.45) is 4.26. The minimum absolute atomic E-state index is 0.0264. The smallest absolute Gasteiger partial charge is 0.253 e. The molecule has 0 bridgehead atoms. The number of nitrogens with zero attached hydrogens (tertiary/aromatic N) is 3. The van der Waals surface area contributed by atoms with Crippen LogP contribution in [0.1, 0.15) is 79.8 Å². The molecule has 1 aliphatic heterocycles. The number of rotatable bonds is 8. The second-order valence-electron chi connectivity index (χ2n) is 9.99. The molecule has 1 amide bonds. The van der Waals surface area contributed by atoms with Crippen LogP contribution >= 0.6 is 0 Å². The minimum atomic E-state index is -2.52. The van der Waals surface area contributed by atoms with Crippen LogP contribution in [0.2, 0.25) is 0 Å². The van der Waals surface area contributed by atoms with E-state index in [2.05, 4.69) is 34.0 Å². The van der Waals surface area contributed by atoms with Gasteiger partial charge in [-0.2, -0.15) is 0 Å². The van der Waals surface area contributed by atoms with Crippen LogP contribution in [-0.4, -0.2) is 43.2 Å². The fourth-order valence-electron chi connectivity index (χ4n) is 5.15. The summed E-state index contributed by atoms with van der Waals surface area (Å²) in [5, 5.41) is 2.89. The van der Waals surface area contributed by atoms with Gasteiger partial charge >= 0.3 is 0 Å². The molecular formula is C26H34F2N4O2S. The molecule has 9 heteroatoms. The maximum Gasteiger partial charge on any atom is 0.253 e. The Morgan fingerprint density at radius 2 is 1.97 bits per heavy atom. The zero-order valence-corrected chi connectivity index (χ0v) is 21.4. The second-order valence-corrected chi connectivity index (χ2v) is 11.7. The zero-order chi connectivity index (χ0) is 25.2. The van der Waals surface area contributed by atoms with Crippen LogP contribution in [0.4, 0.5) is 8.78 Å². The molecule has 1 fully saturated rings. The van der Waals surface area contributed by atoms with Crippen LogP contribution in [0.5, 0.6) is 0 Å². The summed E-state index contributed by atoms with van der Waals surface area (Å²) < 4.78 is 39.0. The summed E-state index contributed by atoms with van der Waals surface area (Å²) in [7, 11) is -1.05. The molecule has 35 heavy (non-hydrogen) atoms. The van der Waals surface area contributed by atoms with E-state index in [0.717, 1.165) is 17.8 Å². The first-order valence-electron chi connectivity index (χ1n) is 12.4. The molecule has 3 heterocycles. The Kier molecular flexibility index (Phi) is 7.96. The Morgan fingerprint density at radius 1 is 1.23 bits per heavy atom. The SMILES string of the molecule is CCS(=O)c1ccc(CNC(=O)c2cnc3c(c2)CN(CC2CCC(F)(F)CC2)C3C(C)C)nc1. The molecule has 0 saturated heterocycles. The highest BCUT2D eigenvalue weighted by atomic mass is 32.2. The molecule has 6 nitrogen and oxygen atoms in total. The van der Waals surface area contributed by atoms with E-state index in [4.69, 9.17) is 0 Å². The fourth-order valence-corrected chi connectivity index (χ4v) is 5.87. The van der Waals surface area contributed by atoms with Crippen molar-refractivity contribution in [1.29, 1.82) is 0 Å². The van der Waals surface area contributed by atoms with Crippen molar-refractivity contribution in [2.45, 2.75) is 76.4 Å². The number of hydrogen-bond donors (Lipinski definition) is 1. The fraction of sp³-hybridized carbons (Fsp3) is 0.577. The van der Waals surface area contributed by atoms with Crippen molar-refractivity contribution in [2.75, 3.05) is 12.3 Å². The van der Waals surface area contributed by atoms with Crippen LogP contribution in [0.15, 0.2) is 35.5 Å². The first-order valence-corrected chi connectivity index (χ1v) is 13.7. The van der Waals surface area contributed by atoms with Crippen molar-refractivity contribution in [2.24, 2.45) is 11.8 Å². The number of pyridine rings is 2. The lowest BCUT2D eigenvalue weighted by Gasteiger charge is -2.34. The predicted octanol–water partition coefficient (Wildman–Crippen LogP) is 4.87. The summed E-state index contributed by atoms with van der Waals surface area (Å²) in [4.78, 5) is 24.8. The van der Waals surface area contributed by atoms with Gasteiger partial charge in [0.25, 0.3) is 5.91 Å². The predicted molar refractivity (Wildman–Crippen MR) is 131 cm³/mol. The van der Waals surface area contributed by atoms with Crippen molar-refractivity contribution in [3.63, 3.8) is 0 Å². The lowest BCUT2D eigenvalue weighted by molar-refractivity contribution is -0.0506. The largest absolute Gasteiger partial charge is 0.346 e. The highest BCUT2D eigenvalue weighted by molar-refractivity contribution is 7.85. The summed E-state index contributed by atoms with van der Waals surface area (Å²) in [6, 6.07) is 5.58. The third-order valence-electron chi connectivity index (χ3n) is 7.02. The quantitative estimate of drug-likeness (QED) is 0.555. The van der Waals surface area contributed by atoms with E-state index in [1.165, 1.54) is 0 Å². The number of fused-ring (bicyclic) bond motifs is 1. The number of halogens is 2. The Hall–Kier alpha value is -2.26. The molecule has 4 rings (SSSR count). The van der Waals surface area contributed by atoms with E-state index in [1.807, 2.05) is 13.0 Å². The van der Waals surface area contributed by atoms with Gasteiger partial charge in [0.05, 0.1) is 45.2 Å². The van der Waals surface area contributed by atoms with E-state index >= 15 is 0 Å². The van der Waals surface area contributed by atoms with Crippen LogP contribution in [-0.2, 0) is 23.9 Å². The van der Waals surface area contributed by atoms with Crippen molar-refractivity contribution >= 4 is 16.7 Å². The molecule has 1 aliphatic carbocycles. The summed E-state index contributed by atoms with van der Waals surface area (Å²) in [5.41, 5.74) is 3.20. The molecule has 0 aromatic carbocycles. The number of carbonyl (C=O) groups is 1. The molecule has 190 valence electrons. The van der Waals surface area contributed by atoms with Gasteiger partial charge in [-0.15, -0.1) is 0 Å². The Bertz CT molecular complexity index is 1070. The Morgan fingerprint density at radius 3 is 2.60 bits per heavy atom. The third kappa shape index (κ3) is 6.12. The molecule has 2 aromatic rings. The number of carbonyl (C=O) groups excluding carboxylic acids is 1. The normalized spacial score (nSPS) is 21.1. The molecule has 2 unspecified atom stereocenters. The van der Waals surface area contributed by atoms with Crippen molar-refractivity contribution in [3.05, 3.63) is 53.1 Å². The number of alkyl halides is 2. The van der Waals surface area contributed by atoms with E-state index in [9.17, 15) is 17.8 Å². The van der Waals surface area contributed by atoms with Gasteiger partial charge < -0.3 is 5.32 Å². The number of nitrogens with one attached hydrogen (secondary N) is 1. The summed E-state index contributed by atoms with van der Waals surface area (Å²) in [5.74, 6) is -1.62. The van der Waals surface area contributed by atoms with Crippen molar-refractivity contribution < 1.29 is 17.8 Å². The lowest BCUT2D eigenvalue weighted by atomic mass is 9.86. The third-order valence-corrected chi connectivity index (χ3v) is 8.32. The number of amides is 1. The maximum absolute atomic E-state index is 13.6. The van der Waals surface area contributed by atoms with Crippen molar-refractivity contribution in [3.8, 4) is 0 Å². The molecule has 0 radical (unpaired) electrons. The molecule has 1 N–H and O–H groups in total. The molecule has 2 aromatic heterocycles. The van der Waals surface area contributed by atoms with Crippen LogP contribution in [0.3, 0.4) is 0 Å². The monoisotopic (exact) mass is 504 g/mol. The van der Waals surface area contributed by atoms with Gasteiger partial charge in [0.2, 0.25) is 5.92 Å². The molecule has 2 aliphatic rings. The molecule has 0 spiro atoms. The highest BCUT2D eigenvalue weighted by Gasteiger charge is 2.39. The van der Waals surface area contributed by atoms with Gasteiger partial charge in [-0.1, -0.05) is 20.8 Å². The maximum atomic E-state index is 13.6. The van der Waals surface area contributed by atoms with Gasteiger partial charge in [0.1, 0.15) is 0 Å². The topological polar surface area (TPSA) is 75.2 Å². The molecular weight excluding hydrogens is 470 g/mol.